The van der Waals surface area contributed by atoms with Gasteiger partial charge in [0.05, 0.1) is 19.7 Å². The Morgan fingerprint density at radius 1 is 1.23 bits per heavy atom. The number of ether oxygens (including phenoxy) is 1. The number of aliphatic hydroxyl groups excluding tert-OH is 1. The molecule has 0 amide bonds. The van der Waals surface area contributed by atoms with Gasteiger partial charge in [0.25, 0.3) is 0 Å². The predicted molar refractivity (Wildman–Crippen MR) is 94.8 cm³/mol. The molecule has 22 heavy (non-hydrogen) atoms. The minimum Gasteiger partial charge on any atom is -0.462 e. The molecule has 1 N–H and O–H groups in total. The molecule has 0 spiro atoms. The molecule has 1 aliphatic rings. The van der Waals surface area contributed by atoms with E-state index in [1.54, 1.807) is 0 Å². The van der Waals surface area contributed by atoms with Crippen LogP contribution in [0.15, 0.2) is 0 Å². The summed E-state index contributed by atoms with van der Waals surface area (Å²) in [5, 5.41) is 10.7. The van der Waals surface area contributed by atoms with E-state index < -0.39 is 14.2 Å². The Morgan fingerprint density at radius 3 is 2.23 bits per heavy atom. The summed E-state index contributed by atoms with van der Waals surface area (Å²) < 4.78 is 5.84. The van der Waals surface area contributed by atoms with Gasteiger partial charge in [0.15, 0.2) is 0 Å². The van der Waals surface area contributed by atoms with E-state index in [9.17, 15) is 9.90 Å². The van der Waals surface area contributed by atoms with Gasteiger partial charge in [-0.25, -0.2) is 0 Å². The first-order valence-corrected chi connectivity index (χ1v) is 12.1. The normalized spacial score (nSPS) is 20.5. The molecule has 0 heterocycles. The lowest BCUT2D eigenvalue weighted by molar-refractivity contribution is -0.153. The number of aliphatic hydroxyl groups is 1. The van der Waals surface area contributed by atoms with Gasteiger partial charge < -0.3 is 9.84 Å². The van der Waals surface area contributed by atoms with Gasteiger partial charge in [0.2, 0.25) is 0 Å². The molecule has 0 radical (unpaired) electrons. The molecule has 1 aliphatic carbocycles. The molecule has 3 nitrogen and oxygen atoms in total. The smallest absolute Gasteiger partial charge is 0.309 e. The van der Waals surface area contributed by atoms with Crippen LogP contribution >= 0.6 is 0 Å². The summed E-state index contributed by atoms with van der Waals surface area (Å²) in [5.74, 6) is -0.139. The number of esters is 1. The van der Waals surface area contributed by atoms with Crippen molar-refractivity contribution in [3.63, 3.8) is 0 Å². The van der Waals surface area contributed by atoms with Crippen molar-refractivity contribution >= 4 is 14.0 Å². The molecule has 0 aromatic rings. The van der Waals surface area contributed by atoms with Gasteiger partial charge in [-0.1, -0.05) is 53.6 Å². The van der Waals surface area contributed by atoms with E-state index in [2.05, 4.69) is 40.8 Å². The van der Waals surface area contributed by atoms with Crippen molar-refractivity contribution < 1.29 is 14.6 Å². The summed E-state index contributed by atoms with van der Waals surface area (Å²) in [7, 11) is -2.01. The largest absolute Gasteiger partial charge is 0.462 e. The highest BCUT2D eigenvalue weighted by Gasteiger charge is 2.49. The average molecular weight is 329 g/mol. The number of hydrogen-bond acceptors (Lipinski definition) is 3. The van der Waals surface area contributed by atoms with E-state index in [1.165, 1.54) is 6.42 Å². The van der Waals surface area contributed by atoms with Crippen LogP contribution in [0.1, 0.15) is 72.6 Å². The van der Waals surface area contributed by atoms with Crippen LogP contribution in [0.3, 0.4) is 0 Å². The monoisotopic (exact) mass is 328 g/mol. The third kappa shape index (κ3) is 4.82. The third-order valence-electron chi connectivity index (χ3n) is 5.77. The number of hydrogen-bond donors (Lipinski definition) is 1. The summed E-state index contributed by atoms with van der Waals surface area (Å²) >= 11 is 0. The van der Waals surface area contributed by atoms with Gasteiger partial charge in [-0.2, -0.15) is 0 Å². The second-order valence-electron chi connectivity index (χ2n) is 8.50. The fourth-order valence-corrected chi connectivity index (χ4v) is 6.00. The van der Waals surface area contributed by atoms with Gasteiger partial charge in [0, 0.05) is 0 Å². The highest BCUT2D eigenvalue weighted by atomic mass is 28.3. The van der Waals surface area contributed by atoms with Crippen molar-refractivity contribution in [3.8, 4) is 0 Å². The molecule has 0 aromatic heterocycles. The molecule has 1 saturated carbocycles. The van der Waals surface area contributed by atoms with E-state index in [0.29, 0.717) is 6.42 Å². The Morgan fingerprint density at radius 2 is 1.77 bits per heavy atom. The molecule has 0 aliphatic heterocycles. The van der Waals surface area contributed by atoms with Crippen LogP contribution < -0.4 is 0 Å². The molecular weight excluding hydrogens is 292 g/mol. The van der Waals surface area contributed by atoms with Gasteiger partial charge in [-0.15, -0.1) is 0 Å². The highest BCUT2D eigenvalue weighted by Crippen LogP contribution is 2.46. The van der Waals surface area contributed by atoms with E-state index in [0.717, 1.165) is 32.1 Å². The zero-order valence-corrected chi connectivity index (χ0v) is 16.4. The van der Waals surface area contributed by atoms with E-state index in [4.69, 9.17) is 4.74 Å². The fraction of sp³-hybridized carbons (Fsp3) is 0.944. The van der Waals surface area contributed by atoms with Crippen molar-refractivity contribution in [2.24, 2.45) is 0 Å². The van der Waals surface area contributed by atoms with Gasteiger partial charge in [-0.05, 0) is 37.1 Å². The molecule has 0 aromatic carbocycles. The summed E-state index contributed by atoms with van der Waals surface area (Å²) in [4.78, 5) is 12.9. The van der Waals surface area contributed by atoms with Crippen molar-refractivity contribution in [2.45, 2.75) is 109 Å². The van der Waals surface area contributed by atoms with Gasteiger partial charge in [-0.3, -0.25) is 4.79 Å². The minimum atomic E-state index is -2.01. The van der Waals surface area contributed by atoms with Crippen molar-refractivity contribution in [1.29, 1.82) is 0 Å². The lowest BCUT2D eigenvalue weighted by Gasteiger charge is -2.44. The quantitative estimate of drug-likeness (QED) is 0.557. The van der Waals surface area contributed by atoms with Gasteiger partial charge in [0.1, 0.15) is 6.10 Å². The average Bonchev–Trinajstić information content (AvgIpc) is 2.38. The van der Waals surface area contributed by atoms with E-state index in [1.807, 2.05) is 0 Å². The predicted octanol–water partition coefficient (Wildman–Crippen LogP) is 4.90. The summed E-state index contributed by atoms with van der Waals surface area (Å²) in [6.45, 7) is 13.1. The Bertz CT molecular complexity index is 354. The number of carbonyl (C=O) groups is 1. The first kappa shape index (κ1) is 19.7. The van der Waals surface area contributed by atoms with Crippen LogP contribution in [0.5, 0.6) is 0 Å². The maximum absolute atomic E-state index is 12.9. The van der Waals surface area contributed by atoms with E-state index in [-0.39, 0.29) is 22.7 Å². The molecule has 0 saturated heterocycles. The van der Waals surface area contributed by atoms with Crippen LogP contribution in [0, 0.1) is 0 Å². The lowest BCUT2D eigenvalue weighted by Crippen LogP contribution is -2.51. The van der Waals surface area contributed by atoms with Crippen LogP contribution in [0.25, 0.3) is 0 Å². The molecule has 4 heteroatoms. The SMILES string of the molecule is CCC[C@@H](O)[C@H](C(=O)OC1CCCCC1)[Si](C)(C)C(C)(C)C. The second kappa shape index (κ2) is 7.96. The first-order chi connectivity index (χ1) is 10.1. The van der Waals surface area contributed by atoms with Crippen LogP contribution in [0.4, 0.5) is 0 Å². The number of rotatable bonds is 6. The second-order valence-corrected chi connectivity index (χ2v) is 14.1. The molecular formula is C18H36O3Si. The van der Waals surface area contributed by atoms with Crippen LogP contribution in [-0.2, 0) is 9.53 Å². The topological polar surface area (TPSA) is 46.5 Å². The molecule has 130 valence electrons. The maximum Gasteiger partial charge on any atom is 0.309 e. The fourth-order valence-electron chi connectivity index (χ4n) is 3.28. The Balaban J connectivity index is 2.91. The van der Waals surface area contributed by atoms with Crippen molar-refractivity contribution in [2.75, 3.05) is 0 Å². The Hall–Kier alpha value is -0.353. The molecule has 0 unspecified atom stereocenters. The molecule has 2 atom stereocenters. The van der Waals surface area contributed by atoms with Crippen molar-refractivity contribution in [3.05, 3.63) is 0 Å². The standard InChI is InChI=1S/C18H36O3Si/c1-7-11-15(19)16(22(5,6)18(2,3)4)17(20)21-14-12-9-8-10-13-14/h14-16,19H,7-13H2,1-6H3/t15-,16-/m1/s1. The summed E-state index contributed by atoms with van der Waals surface area (Å²) in [6, 6.07) is 0. The van der Waals surface area contributed by atoms with Crippen molar-refractivity contribution in [1.82, 2.24) is 0 Å². The van der Waals surface area contributed by atoms with E-state index >= 15 is 0 Å². The summed E-state index contributed by atoms with van der Waals surface area (Å²) in [6.07, 6.45) is 6.60. The van der Waals surface area contributed by atoms with Gasteiger partial charge >= 0.3 is 5.97 Å². The summed E-state index contributed by atoms with van der Waals surface area (Å²) in [5.41, 5.74) is -0.325. The van der Waals surface area contributed by atoms with Crippen LogP contribution in [-0.4, -0.2) is 31.4 Å². The minimum absolute atomic E-state index is 0.0535. The lowest BCUT2D eigenvalue weighted by atomic mass is 9.98. The number of carbonyl (C=O) groups excluding carboxylic acids is 1. The zero-order chi connectivity index (χ0) is 17.0. The highest BCUT2D eigenvalue weighted by molar-refractivity contribution is 6.84. The molecule has 0 bridgehead atoms. The Labute approximate surface area is 137 Å². The first-order valence-electron chi connectivity index (χ1n) is 8.99. The molecule has 1 fully saturated rings. The van der Waals surface area contributed by atoms with Crippen LogP contribution in [0.2, 0.25) is 23.7 Å². The maximum atomic E-state index is 12.9. The Kier molecular flexibility index (Phi) is 7.12. The third-order valence-corrected chi connectivity index (χ3v) is 11.8. The molecule has 1 rings (SSSR count). The zero-order valence-electron chi connectivity index (χ0n) is 15.4.